The van der Waals surface area contributed by atoms with E-state index >= 15 is 0 Å². The van der Waals surface area contributed by atoms with E-state index in [9.17, 15) is 13.2 Å². The highest BCUT2D eigenvalue weighted by Gasteiger charge is 2.34. The average molecular weight is 479 g/mol. The van der Waals surface area contributed by atoms with Gasteiger partial charge in [0.1, 0.15) is 5.82 Å². The Kier molecular flexibility index (Phi) is 6.45. The van der Waals surface area contributed by atoms with Crippen LogP contribution in [0.3, 0.4) is 0 Å². The van der Waals surface area contributed by atoms with Crippen LogP contribution < -0.4 is 4.90 Å². The summed E-state index contributed by atoms with van der Waals surface area (Å²) in [7, 11) is 0. The number of hydrogen-bond donors (Lipinski definition) is 0. The third-order valence-corrected chi connectivity index (χ3v) is 5.33. The molecule has 8 heteroatoms. The van der Waals surface area contributed by atoms with E-state index in [0.29, 0.717) is 24.2 Å². The molecule has 2 aromatic carbocycles. The molecule has 0 fully saturated rings. The molecule has 0 unspecified atom stereocenters. The molecular formula is C22H22BrF3N4. The van der Waals surface area contributed by atoms with Gasteiger partial charge in [-0.25, -0.2) is 4.98 Å². The standard InChI is InChI=1S/C22H22BrF3N4/c1-5-30(19-11-10-15(13(2)3)12-18(19)23)21-28-14(4)27-20(29-21)16-8-6-7-9-17(16)22(24,25)26/h6-13H,5H2,1-4H3. The summed E-state index contributed by atoms with van der Waals surface area (Å²) in [6, 6.07) is 11.3. The summed E-state index contributed by atoms with van der Waals surface area (Å²) >= 11 is 3.61. The van der Waals surface area contributed by atoms with Crippen molar-refractivity contribution in [2.45, 2.75) is 39.8 Å². The highest BCUT2D eigenvalue weighted by Crippen LogP contribution is 2.37. The molecule has 3 aromatic rings. The van der Waals surface area contributed by atoms with Gasteiger partial charge < -0.3 is 4.90 Å². The van der Waals surface area contributed by atoms with E-state index in [-0.39, 0.29) is 11.4 Å². The van der Waals surface area contributed by atoms with Crippen LogP contribution in [0.5, 0.6) is 0 Å². The van der Waals surface area contributed by atoms with E-state index in [1.54, 1.807) is 13.0 Å². The maximum atomic E-state index is 13.5. The van der Waals surface area contributed by atoms with Crippen LogP contribution in [0, 0.1) is 6.92 Å². The number of aromatic nitrogens is 3. The molecule has 0 aliphatic heterocycles. The van der Waals surface area contributed by atoms with Crippen LogP contribution in [0.4, 0.5) is 24.8 Å². The van der Waals surface area contributed by atoms with Crippen molar-refractivity contribution in [2.24, 2.45) is 0 Å². The second-order valence-corrected chi connectivity index (χ2v) is 8.01. The van der Waals surface area contributed by atoms with Gasteiger partial charge in [-0.05, 0) is 59.5 Å². The minimum Gasteiger partial charge on any atom is -0.310 e. The number of rotatable bonds is 5. The van der Waals surface area contributed by atoms with Gasteiger partial charge in [-0.15, -0.1) is 0 Å². The molecule has 0 saturated heterocycles. The van der Waals surface area contributed by atoms with E-state index in [2.05, 4.69) is 44.7 Å². The lowest BCUT2D eigenvalue weighted by molar-refractivity contribution is -0.137. The van der Waals surface area contributed by atoms with Gasteiger partial charge in [0.2, 0.25) is 5.95 Å². The number of halogens is 4. The van der Waals surface area contributed by atoms with Crippen molar-refractivity contribution in [1.29, 1.82) is 0 Å². The van der Waals surface area contributed by atoms with Crippen molar-refractivity contribution in [1.82, 2.24) is 15.0 Å². The van der Waals surface area contributed by atoms with Crippen molar-refractivity contribution in [3.05, 3.63) is 63.9 Å². The Labute approximate surface area is 182 Å². The molecule has 0 radical (unpaired) electrons. The van der Waals surface area contributed by atoms with Gasteiger partial charge in [-0.2, -0.15) is 23.1 Å². The Bertz CT molecular complexity index is 1050. The largest absolute Gasteiger partial charge is 0.417 e. The molecule has 4 nitrogen and oxygen atoms in total. The molecule has 1 heterocycles. The molecule has 0 aliphatic carbocycles. The summed E-state index contributed by atoms with van der Waals surface area (Å²) in [5.74, 6) is 1.02. The summed E-state index contributed by atoms with van der Waals surface area (Å²) in [6.45, 7) is 8.34. The van der Waals surface area contributed by atoms with Gasteiger partial charge in [-0.1, -0.05) is 38.1 Å². The van der Waals surface area contributed by atoms with Crippen LogP contribution in [0.25, 0.3) is 11.4 Å². The van der Waals surface area contributed by atoms with Gasteiger partial charge in [0, 0.05) is 16.6 Å². The number of anilines is 2. The lowest BCUT2D eigenvalue weighted by Gasteiger charge is -2.24. The third-order valence-electron chi connectivity index (χ3n) is 4.70. The lowest BCUT2D eigenvalue weighted by Crippen LogP contribution is -2.21. The SMILES string of the molecule is CCN(c1nc(C)nc(-c2ccccc2C(F)(F)F)n1)c1ccc(C(C)C)cc1Br. The molecule has 0 aliphatic rings. The van der Waals surface area contributed by atoms with Crippen LogP contribution in [0.1, 0.15) is 43.6 Å². The summed E-state index contributed by atoms with van der Waals surface area (Å²) in [5, 5.41) is 0. The Morgan fingerprint density at radius 3 is 2.33 bits per heavy atom. The predicted octanol–water partition coefficient (Wildman–Crippen LogP) is 6.91. The van der Waals surface area contributed by atoms with E-state index in [4.69, 9.17) is 0 Å². The van der Waals surface area contributed by atoms with E-state index in [0.717, 1.165) is 16.2 Å². The molecule has 0 atom stereocenters. The fourth-order valence-electron chi connectivity index (χ4n) is 3.15. The Morgan fingerprint density at radius 2 is 1.73 bits per heavy atom. The fourth-order valence-corrected chi connectivity index (χ4v) is 3.77. The molecule has 0 N–H and O–H groups in total. The van der Waals surface area contributed by atoms with Crippen LogP contribution in [-0.4, -0.2) is 21.5 Å². The Hall–Kier alpha value is -2.48. The molecular weight excluding hydrogens is 457 g/mol. The van der Waals surface area contributed by atoms with Crippen molar-refractivity contribution < 1.29 is 13.2 Å². The normalized spacial score (nSPS) is 11.8. The molecule has 0 bridgehead atoms. The molecule has 158 valence electrons. The monoisotopic (exact) mass is 478 g/mol. The summed E-state index contributed by atoms with van der Waals surface area (Å²) in [5.41, 5.74) is 1.17. The summed E-state index contributed by atoms with van der Waals surface area (Å²) in [4.78, 5) is 14.8. The second kappa shape index (κ2) is 8.71. The topological polar surface area (TPSA) is 41.9 Å². The van der Waals surface area contributed by atoms with Crippen molar-refractivity contribution in [3.63, 3.8) is 0 Å². The molecule has 0 saturated carbocycles. The number of aryl methyl sites for hydroxylation is 1. The molecule has 1 aromatic heterocycles. The van der Waals surface area contributed by atoms with Crippen LogP contribution >= 0.6 is 15.9 Å². The van der Waals surface area contributed by atoms with Crippen LogP contribution in [0.2, 0.25) is 0 Å². The van der Waals surface area contributed by atoms with Crippen LogP contribution in [-0.2, 0) is 6.18 Å². The summed E-state index contributed by atoms with van der Waals surface area (Å²) in [6.07, 6.45) is -4.50. The highest BCUT2D eigenvalue weighted by molar-refractivity contribution is 9.10. The van der Waals surface area contributed by atoms with Gasteiger partial charge in [0.25, 0.3) is 0 Å². The molecule has 0 spiro atoms. The quantitative estimate of drug-likeness (QED) is 0.399. The summed E-state index contributed by atoms with van der Waals surface area (Å²) < 4.78 is 41.3. The first kappa shape index (κ1) is 22.2. The van der Waals surface area contributed by atoms with Gasteiger partial charge in [0.15, 0.2) is 5.82 Å². The van der Waals surface area contributed by atoms with Gasteiger partial charge >= 0.3 is 6.18 Å². The fraction of sp³-hybridized carbons (Fsp3) is 0.318. The Balaban J connectivity index is 2.12. The molecule has 30 heavy (non-hydrogen) atoms. The molecule has 0 amide bonds. The third kappa shape index (κ3) is 4.64. The van der Waals surface area contributed by atoms with E-state index in [1.807, 2.05) is 30.0 Å². The van der Waals surface area contributed by atoms with Gasteiger partial charge in [-0.3, -0.25) is 0 Å². The zero-order valence-electron chi connectivity index (χ0n) is 17.1. The minimum absolute atomic E-state index is 0.00111. The number of benzene rings is 2. The maximum absolute atomic E-state index is 13.5. The minimum atomic E-state index is -4.50. The average Bonchev–Trinajstić information content (AvgIpc) is 2.68. The van der Waals surface area contributed by atoms with Gasteiger partial charge in [0.05, 0.1) is 11.3 Å². The number of nitrogens with zero attached hydrogens (tertiary/aromatic N) is 4. The smallest absolute Gasteiger partial charge is 0.310 e. The Morgan fingerprint density at radius 1 is 1.03 bits per heavy atom. The first-order valence-corrected chi connectivity index (χ1v) is 10.4. The first-order valence-electron chi connectivity index (χ1n) is 9.58. The van der Waals surface area contributed by atoms with Crippen molar-refractivity contribution in [2.75, 3.05) is 11.4 Å². The lowest BCUT2D eigenvalue weighted by atomic mass is 10.0. The van der Waals surface area contributed by atoms with E-state index in [1.165, 1.54) is 17.7 Å². The molecule has 3 rings (SSSR count). The maximum Gasteiger partial charge on any atom is 0.417 e. The number of alkyl halides is 3. The van der Waals surface area contributed by atoms with Crippen molar-refractivity contribution in [3.8, 4) is 11.4 Å². The van der Waals surface area contributed by atoms with E-state index < -0.39 is 11.7 Å². The second-order valence-electron chi connectivity index (χ2n) is 7.16. The zero-order chi connectivity index (χ0) is 22.1. The van der Waals surface area contributed by atoms with Crippen LogP contribution in [0.15, 0.2) is 46.9 Å². The number of hydrogen-bond acceptors (Lipinski definition) is 4. The highest BCUT2D eigenvalue weighted by atomic mass is 79.9. The predicted molar refractivity (Wildman–Crippen MR) is 116 cm³/mol. The zero-order valence-corrected chi connectivity index (χ0v) is 18.7. The first-order chi connectivity index (χ1) is 14.1. The van der Waals surface area contributed by atoms with Crippen molar-refractivity contribution >= 4 is 27.6 Å².